The third-order valence-electron chi connectivity index (χ3n) is 16.9. The van der Waals surface area contributed by atoms with Gasteiger partial charge in [0.05, 0.1) is 49.8 Å². The van der Waals surface area contributed by atoms with Crippen LogP contribution < -0.4 is 0 Å². The van der Waals surface area contributed by atoms with Gasteiger partial charge in [-0.3, -0.25) is 0 Å². The molecular formula is C44H72O16. The molecule has 4 aliphatic heterocycles. The average molecular weight is 857 g/mol. The van der Waals surface area contributed by atoms with Gasteiger partial charge >= 0.3 is 0 Å². The third-order valence-corrected chi connectivity index (χ3v) is 16.9. The first-order chi connectivity index (χ1) is 28.3. The summed E-state index contributed by atoms with van der Waals surface area (Å²) >= 11 is 0. The van der Waals surface area contributed by atoms with Crippen LogP contribution in [-0.2, 0) is 33.2 Å². The first-order valence-corrected chi connectivity index (χ1v) is 22.7. The molecule has 9 N–H and O–H groups in total. The van der Waals surface area contributed by atoms with E-state index in [-0.39, 0.29) is 36.1 Å². The molecule has 7 fully saturated rings. The molecule has 1 unspecified atom stereocenters. The van der Waals surface area contributed by atoms with Crippen molar-refractivity contribution in [1.82, 2.24) is 0 Å². The molecule has 0 aromatic heterocycles. The minimum atomic E-state index is -1.63. The third kappa shape index (κ3) is 7.87. The van der Waals surface area contributed by atoms with E-state index in [4.69, 9.17) is 33.2 Å². The van der Waals surface area contributed by atoms with Gasteiger partial charge in [-0.15, -0.1) is 0 Å². The topological polar surface area (TPSA) is 247 Å². The van der Waals surface area contributed by atoms with E-state index in [0.717, 1.165) is 44.1 Å². The average Bonchev–Trinajstić information content (AvgIpc) is 3.70. The van der Waals surface area contributed by atoms with E-state index in [9.17, 15) is 46.0 Å². The second kappa shape index (κ2) is 17.5. The summed E-state index contributed by atoms with van der Waals surface area (Å²) in [4.78, 5) is 0. The van der Waals surface area contributed by atoms with Gasteiger partial charge in [-0.2, -0.15) is 0 Å². The van der Waals surface area contributed by atoms with Crippen molar-refractivity contribution in [3.8, 4) is 0 Å². The van der Waals surface area contributed by atoms with E-state index in [0.29, 0.717) is 43.1 Å². The van der Waals surface area contributed by atoms with Gasteiger partial charge in [-0.05, 0) is 99.7 Å². The van der Waals surface area contributed by atoms with Crippen molar-refractivity contribution < 1.29 is 79.1 Å². The molecule has 344 valence electrons. The molecule has 3 saturated carbocycles. The molecule has 16 heteroatoms. The summed E-state index contributed by atoms with van der Waals surface area (Å²) < 4.78 is 43.0. The number of aliphatic hydroxyl groups is 9. The lowest BCUT2D eigenvalue weighted by molar-refractivity contribution is -0.362. The maximum Gasteiger partial charge on any atom is 0.187 e. The van der Waals surface area contributed by atoms with Crippen LogP contribution in [0.4, 0.5) is 0 Å². The maximum atomic E-state index is 11.2. The number of hydrogen-bond donors (Lipinski definition) is 9. The summed E-state index contributed by atoms with van der Waals surface area (Å²) in [5.74, 6) is 1.98. The number of hydrogen-bond acceptors (Lipinski definition) is 16. The highest BCUT2D eigenvalue weighted by atomic mass is 16.8. The van der Waals surface area contributed by atoms with Gasteiger partial charge < -0.3 is 79.1 Å². The predicted molar refractivity (Wildman–Crippen MR) is 210 cm³/mol. The summed E-state index contributed by atoms with van der Waals surface area (Å²) in [5.41, 5.74) is 0.781. The van der Waals surface area contributed by atoms with Crippen LogP contribution in [0.5, 0.6) is 0 Å². The van der Waals surface area contributed by atoms with E-state index in [1.807, 2.05) is 0 Å². The summed E-state index contributed by atoms with van der Waals surface area (Å²) in [6.07, 6.45) is -9.61. The van der Waals surface area contributed by atoms with Gasteiger partial charge in [-0.25, -0.2) is 0 Å². The quantitative estimate of drug-likeness (QED) is 0.136. The fourth-order valence-electron chi connectivity index (χ4n) is 13.3. The molecule has 4 aliphatic carbocycles. The Bertz CT molecular complexity index is 1520. The SMILES string of the molecule is C[C@H](CCC1O[C@H]2C[C@H]3[C@@H]4CC=C5C[C@@H](O)C[C@@H](O[C@@H]6OC[C@@H](O)[C@H](O)[C@H]6O[C@@H]6O[C@@H](C)[C@H](O)[C@@H](O)[C@H]6O)[C@]5(C)[C@H]4CC[C@]3(C)[C@H]2[C@@H]1C)CO[C@@H]1O[C@@H](C)[C@H](O)[C@@H](O)[C@H]1O. The van der Waals surface area contributed by atoms with E-state index in [1.54, 1.807) is 6.92 Å². The molecule has 0 bridgehead atoms. The highest BCUT2D eigenvalue weighted by Crippen LogP contribution is 2.69. The lowest BCUT2D eigenvalue weighted by Gasteiger charge is -2.60. The molecule has 0 spiro atoms. The predicted octanol–water partition coefficient (Wildman–Crippen LogP) is 0.486. The molecule has 16 nitrogen and oxygen atoms in total. The van der Waals surface area contributed by atoms with Crippen LogP contribution in [0.25, 0.3) is 0 Å². The van der Waals surface area contributed by atoms with Gasteiger partial charge in [0.25, 0.3) is 0 Å². The van der Waals surface area contributed by atoms with Crippen molar-refractivity contribution in [2.24, 2.45) is 46.3 Å². The van der Waals surface area contributed by atoms with Crippen molar-refractivity contribution in [3.05, 3.63) is 11.6 Å². The van der Waals surface area contributed by atoms with Gasteiger partial charge in [0.1, 0.15) is 54.9 Å². The first kappa shape index (κ1) is 45.7. The lowest BCUT2D eigenvalue weighted by atomic mass is 9.46. The van der Waals surface area contributed by atoms with E-state index >= 15 is 0 Å². The Morgan fingerprint density at radius 1 is 0.767 bits per heavy atom. The minimum Gasteiger partial charge on any atom is -0.393 e. The zero-order valence-electron chi connectivity index (χ0n) is 35.9. The standard InChI is InChI=1S/C44H72O16/c1-18(16-54-40-37(52)35(50)32(47)20(3)56-40)7-10-28-19(2)31-29(58-28)15-26-24-9-8-22-13-23(45)14-30(44(22,6)25(24)11-12-43(26,31)5)59-42-39(34(49)27(46)17-55-42)60-41-38(53)36(51)33(48)21(4)57-41/h8,18-21,23-42,45-53H,7,9-17H2,1-6H3/t18-,19-,20+,21+,23-,24-,25+,26+,27-,28?,29+,30-,31+,32+,33+,34+,35-,36-,37-,38-,39-,40-,41+,42+,43+,44+/m1/s1. The second-order valence-corrected chi connectivity index (χ2v) is 20.5. The first-order valence-electron chi connectivity index (χ1n) is 22.7. The van der Waals surface area contributed by atoms with Gasteiger partial charge in [0, 0.05) is 11.8 Å². The maximum absolute atomic E-state index is 11.2. The molecular weight excluding hydrogens is 784 g/mol. The van der Waals surface area contributed by atoms with Crippen LogP contribution in [0.15, 0.2) is 11.6 Å². The van der Waals surface area contributed by atoms with E-state index in [1.165, 1.54) is 6.92 Å². The largest absolute Gasteiger partial charge is 0.393 e. The van der Waals surface area contributed by atoms with Crippen molar-refractivity contribution >= 4 is 0 Å². The number of rotatable bonds is 10. The number of allylic oxidation sites excluding steroid dienone is 1. The Morgan fingerprint density at radius 3 is 2.13 bits per heavy atom. The van der Waals surface area contributed by atoms with Crippen molar-refractivity contribution in [1.29, 1.82) is 0 Å². The Hall–Kier alpha value is -0.900. The molecule has 8 aliphatic rings. The van der Waals surface area contributed by atoms with Crippen molar-refractivity contribution in [2.45, 2.75) is 203 Å². The Balaban J connectivity index is 0.926. The van der Waals surface area contributed by atoms with E-state index < -0.39 is 104 Å². The zero-order chi connectivity index (χ0) is 43.2. The highest BCUT2D eigenvalue weighted by molar-refractivity contribution is 5.28. The van der Waals surface area contributed by atoms with Gasteiger partial charge in [-0.1, -0.05) is 39.3 Å². The Morgan fingerprint density at radius 2 is 1.43 bits per heavy atom. The van der Waals surface area contributed by atoms with Crippen LogP contribution >= 0.6 is 0 Å². The lowest BCUT2D eigenvalue weighted by Crippen LogP contribution is -2.63. The normalized spacial score (nSPS) is 55.9. The molecule has 4 heterocycles. The minimum absolute atomic E-state index is 0.0826. The monoisotopic (exact) mass is 856 g/mol. The van der Waals surface area contributed by atoms with Crippen molar-refractivity contribution in [2.75, 3.05) is 13.2 Å². The van der Waals surface area contributed by atoms with Crippen LogP contribution in [0, 0.1) is 46.3 Å². The van der Waals surface area contributed by atoms with Crippen LogP contribution in [0.1, 0.15) is 92.9 Å². The fourth-order valence-corrected chi connectivity index (χ4v) is 13.3. The molecule has 8 rings (SSSR count). The molecule has 0 amide bonds. The van der Waals surface area contributed by atoms with Gasteiger partial charge in [0.15, 0.2) is 18.9 Å². The molecule has 4 saturated heterocycles. The van der Waals surface area contributed by atoms with Gasteiger partial charge in [0.2, 0.25) is 0 Å². The van der Waals surface area contributed by atoms with Crippen LogP contribution in [-0.4, -0.2) is 170 Å². The second-order valence-electron chi connectivity index (χ2n) is 20.5. The molecule has 60 heavy (non-hydrogen) atoms. The summed E-state index contributed by atoms with van der Waals surface area (Å²) in [5, 5.41) is 95.0. The molecule has 26 atom stereocenters. The smallest absolute Gasteiger partial charge is 0.187 e. The fraction of sp³-hybridized carbons (Fsp3) is 0.955. The molecule has 0 aromatic carbocycles. The Labute approximate surface area is 353 Å². The number of fused-ring (bicyclic) bond motifs is 7. The van der Waals surface area contributed by atoms with Crippen LogP contribution in [0.3, 0.4) is 0 Å². The zero-order valence-corrected chi connectivity index (χ0v) is 35.9. The Kier molecular flexibility index (Phi) is 13.3. The molecule has 0 radical (unpaired) electrons. The molecule has 0 aromatic rings. The summed E-state index contributed by atoms with van der Waals surface area (Å²) in [6.45, 7) is 12.5. The van der Waals surface area contributed by atoms with E-state index in [2.05, 4.69) is 33.8 Å². The summed E-state index contributed by atoms with van der Waals surface area (Å²) in [7, 11) is 0. The number of aliphatic hydroxyl groups excluding tert-OH is 9. The van der Waals surface area contributed by atoms with Crippen molar-refractivity contribution in [3.63, 3.8) is 0 Å². The van der Waals surface area contributed by atoms with Crippen LogP contribution in [0.2, 0.25) is 0 Å². The highest BCUT2D eigenvalue weighted by Gasteiger charge is 2.66. The summed E-state index contributed by atoms with van der Waals surface area (Å²) in [6, 6.07) is 0. The number of ether oxygens (including phenoxy) is 7.